The Kier molecular flexibility index (Phi) is 5.12. The van der Waals surface area contributed by atoms with Crippen molar-refractivity contribution in [3.05, 3.63) is 22.2 Å². The van der Waals surface area contributed by atoms with Crippen molar-refractivity contribution in [2.24, 2.45) is 0 Å². The van der Waals surface area contributed by atoms with Crippen LogP contribution in [0, 0.1) is 3.57 Å². The van der Waals surface area contributed by atoms with E-state index < -0.39 is 0 Å². The fraction of sp³-hybridized carbons (Fsp3) is 0.462. The van der Waals surface area contributed by atoms with Gasteiger partial charge in [0.05, 0.1) is 15.3 Å². The van der Waals surface area contributed by atoms with Crippen LogP contribution in [0.4, 0.5) is 5.82 Å². The Labute approximate surface area is 127 Å². The first-order valence-electron chi connectivity index (χ1n) is 6.53. The van der Waals surface area contributed by atoms with Gasteiger partial charge in [0, 0.05) is 25.5 Å². The predicted octanol–water partition coefficient (Wildman–Crippen LogP) is 3.18. The van der Waals surface area contributed by atoms with Crippen molar-refractivity contribution < 1.29 is 0 Å². The van der Waals surface area contributed by atoms with Gasteiger partial charge in [-0.3, -0.25) is 4.68 Å². The van der Waals surface area contributed by atoms with E-state index in [2.05, 4.69) is 56.8 Å². The van der Waals surface area contributed by atoms with Gasteiger partial charge in [-0.2, -0.15) is 5.10 Å². The molecule has 0 amide bonds. The van der Waals surface area contributed by atoms with Crippen molar-refractivity contribution in [3.8, 4) is 11.4 Å². The van der Waals surface area contributed by atoms with Crippen LogP contribution in [0.15, 0.2) is 18.6 Å². The van der Waals surface area contributed by atoms with E-state index in [9.17, 15) is 0 Å². The second-order valence-corrected chi connectivity index (χ2v) is 5.47. The molecule has 2 rings (SSSR count). The minimum absolute atomic E-state index is 0.723. The van der Waals surface area contributed by atoms with Crippen molar-refractivity contribution in [2.45, 2.75) is 33.2 Å². The Morgan fingerprint density at radius 3 is 2.84 bits per heavy atom. The Hall–Kier alpha value is -1.18. The smallest absolute Gasteiger partial charge is 0.164 e. The second-order valence-electron chi connectivity index (χ2n) is 4.31. The molecular weight excluding hydrogens is 353 g/mol. The molecule has 0 aliphatic carbocycles. The minimum atomic E-state index is 0.723. The van der Waals surface area contributed by atoms with Crippen molar-refractivity contribution in [1.82, 2.24) is 19.7 Å². The first-order valence-corrected chi connectivity index (χ1v) is 7.61. The van der Waals surface area contributed by atoms with Gasteiger partial charge >= 0.3 is 0 Å². The highest BCUT2D eigenvalue weighted by molar-refractivity contribution is 14.1. The van der Waals surface area contributed by atoms with E-state index in [1.807, 2.05) is 23.3 Å². The molecule has 0 unspecified atom stereocenters. The normalized spacial score (nSPS) is 10.7. The van der Waals surface area contributed by atoms with Crippen LogP contribution in [0.1, 0.15) is 26.7 Å². The van der Waals surface area contributed by atoms with E-state index in [0.717, 1.165) is 46.7 Å². The molecule has 2 aromatic heterocycles. The van der Waals surface area contributed by atoms with Crippen LogP contribution in [-0.2, 0) is 6.54 Å². The van der Waals surface area contributed by atoms with Gasteiger partial charge in [0.25, 0.3) is 0 Å². The summed E-state index contributed by atoms with van der Waals surface area (Å²) in [6, 6.07) is 0. The summed E-state index contributed by atoms with van der Waals surface area (Å²) in [5.41, 5.74) is 0.962. The van der Waals surface area contributed by atoms with Gasteiger partial charge in [-0.15, -0.1) is 0 Å². The van der Waals surface area contributed by atoms with Gasteiger partial charge in [0.15, 0.2) is 5.82 Å². The topological polar surface area (TPSA) is 55.6 Å². The number of halogens is 1. The summed E-state index contributed by atoms with van der Waals surface area (Å²) < 4.78 is 2.96. The van der Waals surface area contributed by atoms with E-state index in [-0.39, 0.29) is 0 Å². The van der Waals surface area contributed by atoms with Gasteiger partial charge in [-0.25, -0.2) is 9.97 Å². The lowest BCUT2D eigenvalue weighted by molar-refractivity contribution is 0.603. The number of rotatable bonds is 6. The molecule has 0 fully saturated rings. The lowest BCUT2D eigenvalue weighted by atomic mass is 10.3. The third kappa shape index (κ3) is 3.65. The number of aromatic nitrogens is 4. The Morgan fingerprint density at radius 1 is 1.26 bits per heavy atom. The summed E-state index contributed by atoms with van der Waals surface area (Å²) in [6.07, 6.45) is 7.80. The molecule has 19 heavy (non-hydrogen) atoms. The molecule has 0 saturated heterocycles. The molecule has 0 bridgehead atoms. The Balaban J connectivity index is 2.23. The van der Waals surface area contributed by atoms with E-state index in [4.69, 9.17) is 0 Å². The number of anilines is 1. The summed E-state index contributed by atoms with van der Waals surface area (Å²) in [5, 5.41) is 7.63. The zero-order chi connectivity index (χ0) is 13.7. The average molecular weight is 371 g/mol. The van der Waals surface area contributed by atoms with Gasteiger partial charge in [-0.1, -0.05) is 13.8 Å². The number of nitrogens with one attached hydrogen (secondary N) is 1. The number of hydrogen-bond donors (Lipinski definition) is 1. The SMILES string of the molecule is CCCNc1nc(-c2cnn(CCC)c2)ncc1I. The molecule has 0 aliphatic heterocycles. The molecular formula is C13H18IN5. The van der Waals surface area contributed by atoms with Gasteiger partial charge in [-0.05, 0) is 35.4 Å². The third-order valence-electron chi connectivity index (χ3n) is 2.63. The van der Waals surface area contributed by atoms with Crippen LogP contribution in [-0.4, -0.2) is 26.3 Å². The molecule has 0 radical (unpaired) electrons. The second kappa shape index (κ2) is 6.83. The quantitative estimate of drug-likeness (QED) is 0.793. The highest BCUT2D eigenvalue weighted by atomic mass is 127. The zero-order valence-electron chi connectivity index (χ0n) is 11.2. The van der Waals surface area contributed by atoms with E-state index in [0.29, 0.717) is 0 Å². The van der Waals surface area contributed by atoms with Crippen LogP contribution in [0.2, 0.25) is 0 Å². The minimum Gasteiger partial charge on any atom is -0.369 e. The maximum absolute atomic E-state index is 4.57. The molecule has 2 heterocycles. The number of nitrogens with zero attached hydrogens (tertiary/aromatic N) is 4. The molecule has 0 spiro atoms. The highest BCUT2D eigenvalue weighted by Gasteiger charge is 2.08. The Bertz CT molecular complexity index is 538. The maximum atomic E-state index is 4.57. The lowest BCUT2D eigenvalue weighted by Gasteiger charge is -2.07. The molecule has 0 aromatic carbocycles. The monoisotopic (exact) mass is 371 g/mol. The molecule has 1 N–H and O–H groups in total. The lowest BCUT2D eigenvalue weighted by Crippen LogP contribution is -2.05. The summed E-state index contributed by atoms with van der Waals surface area (Å²) >= 11 is 2.25. The van der Waals surface area contributed by atoms with Crippen LogP contribution in [0.25, 0.3) is 11.4 Å². The molecule has 5 nitrogen and oxygen atoms in total. The van der Waals surface area contributed by atoms with Gasteiger partial charge < -0.3 is 5.32 Å². The predicted molar refractivity (Wildman–Crippen MR) is 85.0 cm³/mol. The Morgan fingerprint density at radius 2 is 2.11 bits per heavy atom. The van der Waals surface area contributed by atoms with E-state index >= 15 is 0 Å². The van der Waals surface area contributed by atoms with Crippen LogP contribution >= 0.6 is 22.6 Å². The molecule has 102 valence electrons. The van der Waals surface area contributed by atoms with Gasteiger partial charge in [0.1, 0.15) is 5.82 Å². The van der Waals surface area contributed by atoms with Crippen molar-refractivity contribution >= 4 is 28.4 Å². The largest absolute Gasteiger partial charge is 0.369 e. The first-order chi connectivity index (χ1) is 9.24. The van der Waals surface area contributed by atoms with Crippen LogP contribution in [0.3, 0.4) is 0 Å². The van der Waals surface area contributed by atoms with Crippen molar-refractivity contribution in [1.29, 1.82) is 0 Å². The summed E-state index contributed by atoms with van der Waals surface area (Å²) in [7, 11) is 0. The van der Waals surface area contributed by atoms with E-state index in [1.54, 1.807) is 0 Å². The van der Waals surface area contributed by atoms with Crippen molar-refractivity contribution in [3.63, 3.8) is 0 Å². The fourth-order valence-corrected chi connectivity index (χ4v) is 2.15. The van der Waals surface area contributed by atoms with Crippen LogP contribution in [0.5, 0.6) is 0 Å². The molecule has 0 aliphatic rings. The summed E-state index contributed by atoms with van der Waals surface area (Å²) in [6.45, 7) is 6.11. The number of hydrogen-bond acceptors (Lipinski definition) is 4. The van der Waals surface area contributed by atoms with Crippen molar-refractivity contribution in [2.75, 3.05) is 11.9 Å². The highest BCUT2D eigenvalue weighted by Crippen LogP contribution is 2.20. The van der Waals surface area contributed by atoms with E-state index in [1.165, 1.54) is 0 Å². The third-order valence-corrected chi connectivity index (χ3v) is 3.42. The first kappa shape index (κ1) is 14.2. The molecule has 0 atom stereocenters. The fourth-order valence-electron chi connectivity index (χ4n) is 1.70. The zero-order valence-corrected chi connectivity index (χ0v) is 13.4. The van der Waals surface area contributed by atoms with Crippen LogP contribution < -0.4 is 5.32 Å². The molecule has 6 heteroatoms. The molecule has 2 aromatic rings. The average Bonchev–Trinajstić information content (AvgIpc) is 2.87. The molecule has 0 saturated carbocycles. The number of aryl methyl sites for hydroxylation is 1. The maximum Gasteiger partial charge on any atom is 0.164 e. The standard InChI is InChI=1S/C13H18IN5/c1-3-5-15-13-11(14)8-16-12(18-13)10-7-17-19(9-10)6-4-2/h7-9H,3-6H2,1-2H3,(H,15,16,18). The van der Waals surface area contributed by atoms with Gasteiger partial charge in [0.2, 0.25) is 0 Å². The summed E-state index contributed by atoms with van der Waals surface area (Å²) in [4.78, 5) is 8.95. The summed E-state index contributed by atoms with van der Waals surface area (Å²) in [5.74, 6) is 1.62.